The quantitative estimate of drug-likeness (QED) is 0.287. The maximum Gasteiger partial charge on any atom is 0.358 e. The SMILES string of the molecule is C[C@@H](O)C1C(=O)N2C(C(=O)OCOC(=O)C(C)(C)C)=C(c3cc(C(=S)N(C)C)cs3)CC12. The van der Waals surface area contributed by atoms with Crippen LogP contribution in [0, 0.1) is 11.3 Å². The lowest BCUT2D eigenvalue weighted by Crippen LogP contribution is -2.61. The van der Waals surface area contributed by atoms with E-state index in [-0.39, 0.29) is 17.6 Å². The standard InChI is InChI=1S/C22H28N2O6S2/c1-11(25)16-14-8-13(15-7-12(9-32-15)19(31)23(5)6)17(24(14)18(16)26)20(27)29-10-30-21(28)22(2,3)4/h7,9,11,14,16,25H,8,10H2,1-6H3/t11-,14?,16?/m1/s1. The second-order valence-electron chi connectivity index (χ2n) is 9.20. The molecule has 10 heteroatoms. The van der Waals surface area contributed by atoms with Gasteiger partial charge in [-0.05, 0) is 40.2 Å². The highest BCUT2D eigenvalue weighted by Crippen LogP contribution is 2.48. The van der Waals surface area contributed by atoms with Gasteiger partial charge >= 0.3 is 11.9 Å². The summed E-state index contributed by atoms with van der Waals surface area (Å²) in [7, 11) is 3.71. The van der Waals surface area contributed by atoms with Gasteiger partial charge in [-0.3, -0.25) is 9.59 Å². The molecular formula is C22H28N2O6S2. The van der Waals surface area contributed by atoms with Gasteiger partial charge in [0.1, 0.15) is 10.7 Å². The predicted octanol–water partition coefficient (Wildman–Crippen LogP) is 2.40. The molecule has 2 unspecified atom stereocenters. The summed E-state index contributed by atoms with van der Waals surface area (Å²) in [4.78, 5) is 42.3. The van der Waals surface area contributed by atoms with Gasteiger partial charge in [0.05, 0.1) is 23.5 Å². The summed E-state index contributed by atoms with van der Waals surface area (Å²) in [5, 5.41) is 11.9. The number of esters is 2. The van der Waals surface area contributed by atoms with Crippen LogP contribution < -0.4 is 0 Å². The number of rotatable bonds is 6. The van der Waals surface area contributed by atoms with Crippen LogP contribution in [0.3, 0.4) is 0 Å². The lowest BCUT2D eigenvalue weighted by Gasteiger charge is -2.44. The number of aliphatic hydroxyl groups is 1. The van der Waals surface area contributed by atoms with Crippen LogP contribution in [0.5, 0.6) is 0 Å². The first kappa shape index (κ1) is 24.3. The van der Waals surface area contributed by atoms with Crippen molar-refractivity contribution in [1.29, 1.82) is 0 Å². The number of hydrogen-bond acceptors (Lipinski definition) is 8. The van der Waals surface area contributed by atoms with Crippen LogP contribution in [0.25, 0.3) is 5.57 Å². The molecule has 0 aliphatic carbocycles. The van der Waals surface area contributed by atoms with E-state index in [1.807, 2.05) is 30.4 Å². The van der Waals surface area contributed by atoms with Gasteiger partial charge in [-0.2, -0.15) is 0 Å². The number of ether oxygens (including phenoxy) is 2. The summed E-state index contributed by atoms with van der Waals surface area (Å²) < 4.78 is 10.2. The van der Waals surface area contributed by atoms with Gasteiger partial charge in [0.2, 0.25) is 12.7 Å². The number of fused-ring (bicyclic) bond motifs is 1. The van der Waals surface area contributed by atoms with E-state index < -0.39 is 36.2 Å². The van der Waals surface area contributed by atoms with Crippen LogP contribution in [-0.2, 0) is 23.9 Å². The third kappa shape index (κ3) is 4.44. The zero-order chi connectivity index (χ0) is 24.0. The minimum Gasteiger partial charge on any atom is -0.427 e. The van der Waals surface area contributed by atoms with Crippen molar-refractivity contribution in [2.24, 2.45) is 11.3 Å². The first-order chi connectivity index (χ1) is 14.8. The van der Waals surface area contributed by atoms with Crippen molar-refractivity contribution in [3.63, 3.8) is 0 Å². The Labute approximate surface area is 196 Å². The van der Waals surface area contributed by atoms with Crippen molar-refractivity contribution in [1.82, 2.24) is 9.80 Å². The molecule has 3 heterocycles. The molecule has 0 spiro atoms. The fraction of sp³-hybridized carbons (Fsp3) is 0.545. The van der Waals surface area contributed by atoms with Gasteiger partial charge in [-0.1, -0.05) is 12.2 Å². The molecule has 3 atom stereocenters. The van der Waals surface area contributed by atoms with E-state index in [4.69, 9.17) is 21.7 Å². The molecule has 1 aromatic heterocycles. The third-order valence-electron chi connectivity index (χ3n) is 5.46. The molecule has 174 valence electrons. The van der Waals surface area contributed by atoms with Gasteiger partial charge in [0.15, 0.2) is 0 Å². The van der Waals surface area contributed by atoms with E-state index in [9.17, 15) is 19.5 Å². The number of carbonyl (C=O) groups excluding carboxylic acids is 3. The Balaban J connectivity index is 1.87. The summed E-state index contributed by atoms with van der Waals surface area (Å²) in [6, 6.07) is 1.58. The zero-order valence-corrected chi connectivity index (χ0v) is 20.6. The number of aliphatic hydroxyl groups excluding tert-OH is 1. The van der Waals surface area contributed by atoms with E-state index in [1.54, 1.807) is 27.7 Å². The molecule has 1 aromatic rings. The highest BCUT2D eigenvalue weighted by molar-refractivity contribution is 7.80. The van der Waals surface area contributed by atoms with E-state index in [0.29, 0.717) is 17.0 Å². The third-order valence-corrected chi connectivity index (χ3v) is 7.06. The van der Waals surface area contributed by atoms with Crippen molar-refractivity contribution in [3.05, 3.63) is 27.6 Å². The average molecular weight is 481 g/mol. The number of thiophene rings is 1. The number of β-lactam (4-membered cyclic amide) rings is 1. The summed E-state index contributed by atoms with van der Waals surface area (Å²) in [6.45, 7) is 6.11. The molecule has 0 bridgehead atoms. The van der Waals surface area contributed by atoms with Gasteiger partial charge in [-0.15, -0.1) is 11.3 Å². The Hall–Kier alpha value is -2.30. The van der Waals surface area contributed by atoms with E-state index in [0.717, 1.165) is 10.4 Å². The largest absolute Gasteiger partial charge is 0.427 e. The highest BCUT2D eigenvalue weighted by atomic mass is 32.1. The molecule has 1 saturated heterocycles. The molecule has 1 N–H and O–H groups in total. The lowest BCUT2D eigenvalue weighted by atomic mass is 9.83. The minimum absolute atomic E-state index is 0.132. The number of nitrogens with zero attached hydrogens (tertiary/aromatic N) is 2. The van der Waals surface area contributed by atoms with Crippen molar-refractivity contribution in [3.8, 4) is 0 Å². The summed E-state index contributed by atoms with van der Waals surface area (Å²) in [5.41, 5.74) is 0.909. The van der Waals surface area contributed by atoms with Crippen molar-refractivity contribution in [2.75, 3.05) is 20.9 Å². The number of thiocarbonyl (C=S) groups is 1. The van der Waals surface area contributed by atoms with Crippen LogP contribution in [-0.4, -0.2) is 70.8 Å². The Kier molecular flexibility index (Phi) is 6.78. The molecule has 0 radical (unpaired) electrons. The molecule has 32 heavy (non-hydrogen) atoms. The number of carbonyl (C=O) groups is 3. The van der Waals surface area contributed by atoms with Gasteiger partial charge in [-0.25, -0.2) is 4.79 Å². The molecule has 3 rings (SSSR count). The first-order valence-corrected chi connectivity index (χ1v) is 11.5. The molecule has 1 fully saturated rings. The monoisotopic (exact) mass is 480 g/mol. The molecule has 1 amide bonds. The van der Waals surface area contributed by atoms with E-state index >= 15 is 0 Å². The summed E-state index contributed by atoms with van der Waals surface area (Å²) >= 11 is 6.86. The smallest absolute Gasteiger partial charge is 0.358 e. The second kappa shape index (κ2) is 8.92. The molecule has 0 saturated carbocycles. The maximum absolute atomic E-state index is 13.0. The second-order valence-corrected chi connectivity index (χ2v) is 10.5. The molecular weight excluding hydrogens is 452 g/mol. The number of hydrogen-bond donors (Lipinski definition) is 1. The lowest BCUT2D eigenvalue weighted by molar-refractivity contribution is -0.175. The topological polar surface area (TPSA) is 96.4 Å². The Morgan fingerprint density at radius 3 is 2.56 bits per heavy atom. The van der Waals surface area contributed by atoms with Gasteiger partial charge in [0.25, 0.3) is 0 Å². The van der Waals surface area contributed by atoms with Crippen LogP contribution in [0.4, 0.5) is 0 Å². The van der Waals surface area contributed by atoms with Crippen LogP contribution in [0.1, 0.15) is 44.6 Å². The maximum atomic E-state index is 13.0. The fourth-order valence-electron chi connectivity index (χ4n) is 3.77. The Morgan fingerprint density at radius 2 is 2.00 bits per heavy atom. The average Bonchev–Trinajstić information content (AvgIpc) is 3.28. The normalized spacial score (nSPS) is 21.1. The van der Waals surface area contributed by atoms with E-state index in [2.05, 4.69) is 0 Å². The molecule has 0 aromatic carbocycles. The molecule has 2 aliphatic rings. The Bertz CT molecular complexity index is 989. The van der Waals surface area contributed by atoms with Crippen LogP contribution in [0.15, 0.2) is 17.1 Å². The summed E-state index contributed by atoms with van der Waals surface area (Å²) in [5.74, 6) is -2.14. The zero-order valence-electron chi connectivity index (χ0n) is 19.0. The van der Waals surface area contributed by atoms with Gasteiger partial charge < -0.3 is 24.4 Å². The first-order valence-electron chi connectivity index (χ1n) is 10.2. The molecule has 8 nitrogen and oxygen atoms in total. The Morgan fingerprint density at radius 1 is 1.34 bits per heavy atom. The van der Waals surface area contributed by atoms with Crippen molar-refractivity contribution < 1.29 is 29.0 Å². The predicted molar refractivity (Wildman–Crippen MR) is 124 cm³/mol. The van der Waals surface area contributed by atoms with Crippen molar-refractivity contribution in [2.45, 2.75) is 46.3 Å². The fourth-order valence-corrected chi connectivity index (χ4v) is 4.91. The minimum atomic E-state index is -0.826. The van der Waals surface area contributed by atoms with Crippen LogP contribution >= 0.6 is 23.6 Å². The molecule has 2 aliphatic heterocycles. The number of amides is 1. The summed E-state index contributed by atoms with van der Waals surface area (Å²) in [6.07, 6.45) is -0.407. The van der Waals surface area contributed by atoms with Crippen LogP contribution in [0.2, 0.25) is 0 Å². The van der Waals surface area contributed by atoms with Gasteiger partial charge in [0, 0.05) is 35.5 Å². The van der Waals surface area contributed by atoms with Crippen molar-refractivity contribution >= 4 is 52.0 Å². The highest BCUT2D eigenvalue weighted by Gasteiger charge is 2.57. The van der Waals surface area contributed by atoms with E-state index in [1.165, 1.54) is 16.2 Å².